The fourth-order valence-corrected chi connectivity index (χ4v) is 1.96. The molecule has 0 radical (unpaired) electrons. The molecule has 1 aliphatic rings. The van der Waals surface area contributed by atoms with Gasteiger partial charge in [-0.05, 0) is 0 Å². The molecule has 1 aliphatic heterocycles. The van der Waals surface area contributed by atoms with Crippen LogP contribution in [0.25, 0.3) is 0 Å². The predicted octanol–water partition coefficient (Wildman–Crippen LogP) is -1.11. The molecule has 2 rings (SSSR count). The minimum Gasteiger partial charge on any atom is -0.393 e. The molecule has 20 heavy (non-hydrogen) atoms. The van der Waals surface area contributed by atoms with E-state index in [4.69, 9.17) is 15.6 Å². The number of nitrogens with zero attached hydrogens (tertiary/aromatic N) is 2. The lowest BCUT2D eigenvalue weighted by atomic mass is 9.98. The van der Waals surface area contributed by atoms with Crippen molar-refractivity contribution >= 4 is 5.82 Å². The van der Waals surface area contributed by atoms with E-state index < -0.39 is 54.7 Å². The molecule has 4 atom stereocenters. The molecule has 0 aliphatic carbocycles. The Morgan fingerprint density at radius 2 is 2.25 bits per heavy atom. The first-order chi connectivity index (χ1) is 9.36. The maximum Gasteiger partial charge on any atom is 0.351 e. The van der Waals surface area contributed by atoms with E-state index in [0.29, 0.717) is 10.8 Å². The van der Waals surface area contributed by atoms with Crippen LogP contribution in [-0.4, -0.2) is 50.9 Å². The Kier molecular flexibility index (Phi) is 3.71. The average Bonchev–Trinajstić information content (AvgIpc) is 2.68. The third kappa shape index (κ3) is 2.05. The van der Waals surface area contributed by atoms with Crippen LogP contribution in [-0.2, 0) is 4.74 Å². The van der Waals surface area contributed by atoms with E-state index >= 15 is 0 Å². The lowest BCUT2D eigenvalue weighted by Gasteiger charge is -2.26. The number of rotatable bonds is 3. The number of nitrogens with two attached hydrogens (primary N) is 1. The Balaban J connectivity index is 2.45. The quantitative estimate of drug-likeness (QED) is 0.652. The molecular formula is C10H12F3N3O4. The normalized spacial score (nSPS) is 33.5. The van der Waals surface area contributed by atoms with E-state index in [1.165, 1.54) is 0 Å². The van der Waals surface area contributed by atoms with Crippen molar-refractivity contribution in [3.63, 3.8) is 0 Å². The number of anilines is 1. The van der Waals surface area contributed by atoms with Gasteiger partial charge in [-0.1, -0.05) is 0 Å². The summed E-state index contributed by atoms with van der Waals surface area (Å²) >= 11 is 0. The number of aliphatic hydroxyl groups excluding tert-OH is 2. The molecule has 0 bridgehead atoms. The van der Waals surface area contributed by atoms with Crippen LogP contribution in [0.5, 0.6) is 0 Å². The van der Waals surface area contributed by atoms with Gasteiger partial charge in [0.25, 0.3) is 0 Å². The van der Waals surface area contributed by atoms with Crippen LogP contribution in [0.1, 0.15) is 6.23 Å². The van der Waals surface area contributed by atoms with Gasteiger partial charge in [0.05, 0.1) is 12.8 Å². The van der Waals surface area contributed by atoms with Crippen molar-refractivity contribution in [1.82, 2.24) is 9.55 Å². The Morgan fingerprint density at radius 3 is 2.75 bits per heavy atom. The second kappa shape index (κ2) is 5.04. The minimum absolute atomic E-state index is 0.409. The van der Waals surface area contributed by atoms with Crippen molar-refractivity contribution in [2.45, 2.75) is 24.1 Å². The summed E-state index contributed by atoms with van der Waals surface area (Å²) in [5.41, 5.74) is 1.74. The van der Waals surface area contributed by atoms with Crippen molar-refractivity contribution in [2.24, 2.45) is 0 Å². The number of alkyl halides is 2. The molecule has 1 saturated heterocycles. The van der Waals surface area contributed by atoms with Crippen molar-refractivity contribution in [2.75, 3.05) is 19.0 Å². The molecule has 0 spiro atoms. The smallest absolute Gasteiger partial charge is 0.351 e. The Labute approximate surface area is 110 Å². The van der Waals surface area contributed by atoms with E-state index in [2.05, 4.69) is 4.98 Å². The number of nitrogen functional groups attached to an aromatic ring is 1. The van der Waals surface area contributed by atoms with Crippen molar-refractivity contribution in [3.8, 4) is 0 Å². The first-order valence-electron chi connectivity index (χ1n) is 5.57. The van der Waals surface area contributed by atoms with Gasteiger partial charge in [0.1, 0.15) is 12.8 Å². The second-order valence-corrected chi connectivity index (χ2v) is 4.42. The molecule has 2 heterocycles. The molecule has 1 unspecified atom stereocenters. The maximum atomic E-state index is 14.0. The zero-order valence-electron chi connectivity index (χ0n) is 10.0. The Bertz CT molecular complexity index is 563. The van der Waals surface area contributed by atoms with E-state index in [1.54, 1.807) is 0 Å². The summed E-state index contributed by atoms with van der Waals surface area (Å²) < 4.78 is 45.4. The molecule has 112 valence electrons. The van der Waals surface area contributed by atoms with Gasteiger partial charge in [0, 0.05) is 0 Å². The molecule has 1 aromatic rings. The fraction of sp³-hybridized carbons (Fsp3) is 0.600. The molecule has 1 aromatic heterocycles. The van der Waals surface area contributed by atoms with Gasteiger partial charge in [0.2, 0.25) is 0 Å². The molecule has 1 fully saturated rings. The third-order valence-corrected chi connectivity index (χ3v) is 3.17. The zero-order chi connectivity index (χ0) is 15.1. The number of aromatic nitrogens is 2. The first-order valence-corrected chi connectivity index (χ1v) is 5.57. The van der Waals surface area contributed by atoms with Crippen LogP contribution in [0.4, 0.5) is 19.0 Å². The summed E-state index contributed by atoms with van der Waals surface area (Å²) in [7, 11) is 0. The van der Waals surface area contributed by atoms with E-state index in [9.17, 15) is 23.1 Å². The van der Waals surface area contributed by atoms with Crippen LogP contribution < -0.4 is 11.4 Å². The average molecular weight is 295 g/mol. The Hall–Kier alpha value is -1.65. The first kappa shape index (κ1) is 14.8. The third-order valence-electron chi connectivity index (χ3n) is 3.17. The maximum absolute atomic E-state index is 14.0. The summed E-state index contributed by atoms with van der Waals surface area (Å²) in [5, 5.41) is 18.6. The van der Waals surface area contributed by atoms with Crippen molar-refractivity contribution in [3.05, 3.63) is 22.5 Å². The minimum atomic E-state index is -2.25. The predicted molar refractivity (Wildman–Crippen MR) is 59.7 cm³/mol. The summed E-state index contributed by atoms with van der Waals surface area (Å²) in [6.45, 7) is -2.40. The number of hydrogen-bond donors (Lipinski definition) is 3. The largest absolute Gasteiger partial charge is 0.393 e. The van der Waals surface area contributed by atoms with Crippen molar-refractivity contribution < 1.29 is 28.1 Å². The molecule has 0 saturated carbocycles. The number of aliphatic hydroxyl groups is 2. The SMILES string of the molecule is Nc1nc(=O)n(C2O[C@@](CO)(CF)[C@@H](O)[C@H]2F)cc1F. The van der Waals surface area contributed by atoms with E-state index in [0.717, 1.165) is 0 Å². The topological polar surface area (TPSA) is 111 Å². The van der Waals surface area contributed by atoms with Gasteiger partial charge in [-0.15, -0.1) is 0 Å². The molecule has 4 N–H and O–H groups in total. The van der Waals surface area contributed by atoms with Gasteiger partial charge < -0.3 is 20.7 Å². The highest BCUT2D eigenvalue weighted by Gasteiger charge is 2.56. The van der Waals surface area contributed by atoms with Crippen molar-refractivity contribution in [1.29, 1.82) is 0 Å². The number of halogens is 3. The van der Waals surface area contributed by atoms with E-state index in [-0.39, 0.29) is 0 Å². The van der Waals surface area contributed by atoms with Crippen LogP contribution in [0.2, 0.25) is 0 Å². The molecular weight excluding hydrogens is 283 g/mol. The molecule has 10 heteroatoms. The molecule has 0 aromatic carbocycles. The summed E-state index contributed by atoms with van der Waals surface area (Å²) in [6, 6.07) is 0. The monoisotopic (exact) mass is 295 g/mol. The lowest BCUT2D eigenvalue weighted by molar-refractivity contribution is -0.138. The highest BCUT2D eigenvalue weighted by molar-refractivity contribution is 5.26. The summed E-state index contributed by atoms with van der Waals surface area (Å²) in [5.74, 6) is -1.78. The van der Waals surface area contributed by atoms with Gasteiger partial charge >= 0.3 is 5.69 Å². The lowest BCUT2D eigenvalue weighted by Crippen LogP contribution is -2.47. The van der Waals surface area contributed by atoms with Crippen LogP contribution in [0.3, 0.4) is 0 Å². The zero-order valence-corrected chi connectivity index (χ0v) is 10.0. The van der Waals surface area contributed by atoms with Crippen LogP contribution >= 0.6 is 0 Å². The summed E-state index contributed by atoms with van der Waals surface area (Å²) in [6.07, 6.45) is -5.54. The van der Waals surface area contributed by atoms with Gasteiger partial charge in [-0.2, -0.15) is 4.98 Å². The highest BCUT2D eigenvalue weighted by atomic mass is 19.1. The van der Waals surface area contributed by atoms with Gasteiger partial charge in [-0.25, -0.2) is 18.0 Å². The molecule has 7 nitrogen and oxygen atoms in total. The highest BCUT2D eigenvalue weighted by Crippen LogP contribution is 2.38. The van der Waals surface area contributed by atoms with Gasteiger partial charge in [0.15, 0.2) is 29.6 Å². The second-order valence-electron chi connectivity index (χ2n) is 4.42. The molecule has 0 amide bonds. The van der Waals surface area contributed by atoms with Crippen LogP contribution in [0, 0.1) is 5.82 Å². The van der Waals surface area contributed by atoms with Gasteiger partial charge in [-0.3, -0.25) is 4.57 Å². The number of hydrogen-bond acceptors (Lipinski definition) is 6. The summed E-state index contributed by atoms with van der Waals surface area (Å²) in [4.78, 5) is 14.6. The fourth-order valence-electron chi connectivity index (χ4n) is 1.96. The number of ether oxygens (including phenoxy) is 1. The van der Waals surface area contributed by atoms with E-state index in [1.807, 2.05) is 0 Å². The van der Waals surface area contributed by atoms with Crippen LogP contribution in [0.15, 0.2) is 11.0 Å². The Morgan fingerprint density at radius 1 is 1.60 bits per heavy atom. The standard InChI is InChI=1S/C10H12F3N3O4/c11-2-10(3-17)6(18)5(13)8(20-10)16-1-4(12)7(14)15-9(16)19/h1,5-6,8,17-18H,2-3H2,(H2,14,15,19)/t5-,6+,8?,10-/m1/s1.